The third-order valence-electron chi connectivity index (χ3n) is 2.62. The summed E-state index contributed by atoms with van der Waals surface area (Å²) in [5, 5.41) is 6.40. The van der Waals surface area contributed by atoms with E-state index >= 15 is 0 Å². The number of nitrogens with zero attached hydrogens (tertiary/aromatic N) is 2. The van der Waals surface area contributed by atoms with Crippen molar-refractivity contribution in [2.24, 2.45) is 5.73 Å². The maximum absolute atomic E-state index is 12.0. The van der Waals surface area contributed by atoms with Crippen molar-refractivity contribution in [3.63, 3.8) is 0 Å². The van der Waals surface area contributed by atoms with E-state index in [0.29, 0.717) is 25.2 Å². The highest BCUT2D eigenvalue weighted by atomic mass is 16.5. The van der Waals surface area contributed by atoms with Crippen molar-refractivity contribution >= 4 is 5.91 Å². The highest BCUT2D eigenvalue weighted by Gasteiger charge is 2.28. The van der Waals surface area contributed by atoms with Crippen molar-refractivity contribution < 1.29 is 9.53 Å². The van der Waals surface area contributed by atoms with Crippen molar-refractivity contribution in [1.82, 2.24) is 15.1 Å². The lowest BCUT2D eigenvalue weighted by Gasteiger charge is -2.36. The van der Waals surface area contributed by atoms with Crippen LogP contribution in [0, 0.1) is 0 Å². The Labute approximate surface area is 93.8 Å². The number of carbonyl (C=O) groups is 1. The maximum Gasteiger partial charge on any atom is 0.257 e. The zero-order valence-corrected chi connectivity index (χ0v) is 9.22. The molecule has 1 amide bonds. The van der Waals surface area contributed by atoms with Gasteiger partial charge in [-0.05, 0) is 6.92 Å². The summed E-state index contributed by atoms with van der Waals surface area (Å²) in [5.41, 5.74) is 6.14. The van der Waals surface area contributed by atoms with Crippen LogP contribution in [0.25, 0.3) is 0 Å². The molecule has 1 fully saturated rings. The van der Waals surface area contributed by atoms with Crippen molar-refractivity contribution in [3.05, 3.63) is 18.0 Å². The summed E-state index contributed by atoms with van der Waals surface area (Å²) in [6.45, 7) is 3.52. The average Bonchev–Trinajstić information content (AvgIpc) is 2.80. The van der Waals surface area contributed by atoms with Crippen molar-refractivity contribution in [3.8, 4) is 0 Å². The van der Waals surface area contributed by atoms with Crippen LogP contribution in [0.4, 0.5) is 0 Å². The number of nitrogens with two attached hydrogens (primary N) is 1. The van der Waals surface area contributed by atoms with E-state index in [4.69, 9.17) is 10.5 Å². The molecule has 2 unspecified atom stereocenters. The molecule has 0 spiro atoms. The van der Waals surface area contributed by atoms with Crippen LogP contribution in [0.3, 0.4) is 0 Å². The second-order valence-corrected chi connectivity index (χ2v) is 4.00. The predicted octanol–water partition coefficient (Wildman–Crippen LogP) is -0.402. The van der Waals surface area contributed by atoms with Gasteiger partial charge in [0.05, 0.1) is 24.0 Å². The minimum Gasteiger partial charge on any atom is -0.370 e. The van der Waals surface area contributed by atoms with E-state index in [1.54, 1.807) is 11.1 Å². The number of aromatic nitrogens is 2. The van der Waals surface area contributed by atoms with E-state index in [1.165, 1.54) is 6.20 Å². The van der Waals surface area contributed by atoms with E-state index in [9.17, 15) is 4.79 Å². The predicted molar refractivity (Wildman–Crippen MR) is 57.9 cm³/mol. The summed E-state index contributed by atoms with van der Waals surface area (Å²) in [5.74, 6) is -0.0256. The maximum atomic E-state index is 12.0. The van der Waals surface area contributed by atoms with Gasteiger partial charge in [-0.1, -0.05) is 0 Å². The standard InChI is InChI=1S/C10H16N4O2/c1-7-5-14(6-9(2-11)16-7)10(15)8-3-12-13-4-8/h3-4,7,9H,2,5-6,11H2,1H3,(H,12,13). The summed E-state index contributed by atoms with van der Waals surface area (Å²) in [6, 6.07) is 0. The Morgan fingerprint density at radius 3 is 3.19 bits per heavy atom. The molecule has 2 rings (SSSR count). The first-order chi connectivity index (χ1) is 7.70. The molecule has 6 heteroatoms. The molecule has 1 aromatic heterocycles. The van der Waals surface area contributed by atoms with E-state index in [-0.39, 0.29) is 18.1 Å². The minimum atomic E-state index is -0.0698. The Kier molecular flexibility index (Phi) is 3.21. The molecule has 0 aromatic carbocycles. The summed E-state index contributed by atoms with van der Waals surface area (Å²) in [4.78, 5) is 13.8. The van der Waals surface area contributed by atoms with E-state index in [0.717, 1.165) is 0 Å². The summed E-state index contributed by atoms with van der Waals surface area (Å²) < 4.78 is 5.59. The number of nitrogens with one attached hydrogen (secondary N) is 1. The Bertz CT molecular complexity index is 352. The summed E-state index contributed by atoms with van der Waals surface area (Å²) in [6.07, 6.45) is 3.08. The fraction of sp³-hybridized carbons (Fsp3) is 0.600. The molecule has 0 radical (unpaired) electrons. The Hall–Kier alpha value is -1.40. The molecule has 0 bridgehead atoms. The van der Waals surface area contributed by atoms with Crippen LogP contribution >= 0.6 is 0 Å². The third-order valence-corrected chi connectivity index (χ3v) is 2.62. The molecule has 6 nitrogen and oxygen atoms in total. The highest BCUT2D eigenvalue weighted by Crippen LogP contribution is 2.13. The van der Waals surface area contributed by atoms with Crippen LogP contribution in [-0.4, -0.2) is 52.8 Å². The molecule has 1 aliphatic rings. The van der Waals surface area contributed by atoms with Crippen LogP contribution in [0.1, 0.15) is 17.3 Å². The molecule has 1 aliphatic heterocycles. The Morgan fingerprint density at radius 2 is 2.56 bits per heavy atom. The Morgan fingerprint density at radius 1 is 1.75 bits per heavy atom. The number of H-pyrrole nitrogens is 1. The molecule has 0 aliphatic carbocycles. The molecule has 16 heavy (non-hydrogen) atoms. The first-order valence-electron chi connectivity index (χ1n) is 5.34. The number of hydrogen-bond donors (Lipinski definition) is 2. The Balaban J connectivity index is 2.06. The molecule has 2 heterocycles. The number of carbonyl (C=O) groups excluding carboxylic acids is 1. The van der Waals surface area contributed by atoms with Crippen molar-refractivity contribution in [2.45, 2.75) is 19.1 Å². The number of morpholine rings is 1. The minimum absolute atomic E-state index is 0.0256. The van der Waals surface area contributed by atoms with Gasteiger partial charge in [0.15, 0.2) is 0 Å². The van der Waals surface area contributed by atoms with Gasteiger partial charge < -0.3 is 15.4 Å². The first kappa shape index (κ1) is 11.1. The molecule has 2 atom stereocenters. The van der Waals surface area contributed by atoms with Crippen molar-refractivity contribution in [1.29, 1.82) is 0 Å². The number of aromatic amines is 1. The summed E-state index contributed by atoms with van der Waals surface area (Å²) in [7, 11) is 0. The van der Waals surface area contributed by atoms with E-state index in [2.05, 4.69) is 10.2 Å². The monoisotopic (exact) mass is 224 g/mol. The topological polar surface area (TPSA) is 84.2 Å². The fourth-order valence-electron chi connectivity index (χ4n) is 1.89. The van der Waals surface area contributed by atoms with Gasteiger partial charge in [-0.2, -0.15) is 5.10 Å². The third kappa shape index (κ3) is 2.23. The lowest BCUT2D eigenvalue weighted by molar-refractivity contribution is -0.0625. The largest absolute Gasteiger partial charge is 0.370 e. The lowest BCUT2D eigenvalue weighted by Crippen LogP contribution is -2.51. The van der Waals surface area contributed by atoms with E-state index in [1.807, 2.05) is 6.92 Å². The average molecular weight is 224 g/mol. The van der Waals surface area contributed by atoms with Gasteiger partial charge in [-0.15, -0.1) is 0 Å². The molecule has 88 valence electrons. The molecular weight excluding hydrogens is 208 g/mol. The van der Waals surface area contributed by atoms with Crippen molar-refractivity contribution in [2.75, 3.05) is 19.6 Å². The first-order valence-corrected chi connectivity index (χ1v) is 5.34. The molecule has 3 N–H and O–H groups in total. The van der Waals surface area contributed by atoms with E-state index < -0.39 is 0 Å². The number of amides is 1. The quantitative estimate of drug-likeness (QED) is 0.715. The second-order valence-electron chi connectivity index (χ2n) is 4.00. The van der Waals surface area contributed by atoms with Gasteiger partial charge >= 0.3 is 0 Å². The second kappa shape index (κ2) is 4.63. The van der Waals surface area contributed by atoms with Gasteiger partial charge in [0.1, 0.15) is 0 Å². The fourth-order valence-corrected chi connectivity index (χ4v) is 1.89. The number of hydrogen-bond acceptors (Lipinski definition) is 4. The SMILES string of the molecule is CC1CN(C(=O)c2cn[nH]c2)CC(CN)O1. The van der Waals surface area contributed by atoms with Gasteiger partial charge in [0.25, 0.3) is 5.91 Å². The number of rotatable bonds is 2. The molecule has 0 saturated carbocycles. The molecule has 1 saturated heterocycles. The van der Waals surface area contributed by atoms with Crippen LogP contribution in [0.5, 0.6) is 0 Å². The summed E-state index contributed by atoms with van der Waals surface area (Å²) >= 11 is 0. The van der Waals surface area contributed by atoms with Gasteiger partial charge in [0, 0.05) is 25.8 Å². The zero-order valence-electron chi connectivity index (χ0n) is 9.22. The van der Waals surface area contributed by atoms with Crippen LogP contribution in [0.2, 0.25) is 0 Å². The smallest absolute Gasteiger partial charge is 0.257 e. The number of ether oxygens (including phenoxy) is 1. The van der Waals surface area contributed by atoms with Gasteiger partial charge in [0.2, 0.25) is 0 Å². The zero-order chi connectivity index (χ0) is 11.5. The van der Waals surface area contributed by atoms with Gasteiger partial charge in [-0.3, -0.25) is 9.89 Å². The molecular formula is C10H16N4O2. The normalized spacial score (nSPS) is 25.8. The van der Waals surface area contributed by atoms with Crippen LogP contribution in [-0.2, 0) is 4.74 Å². The van der Waals surface area contributed by atoms with Gasteiger partial charge in [-0.25, -0.2) is 0 Å². The van der Waals surface area contributed by atoms with Crippen LogP contribution in [0.15, 0.2) is 12.4 Å². The highest BCUT2D eigenvalue weighted by molar-refractivity contribution is 5.93. The lowest BCUT2D eigenvalue weighted by atomic mass is 10.2. The van der Waals surface area contributed by atoms with Crippen LogP contribution < -0.4 is 5.73 Å². The molecule has 1 aromatic rings.